The van der Waals surface area contributed by atoms with Crippen LogP contribution in [-0.4, -0.2) is 28.2 Å². The number of rotatable bonds is 0. The van der Waals surface area contributed by atoms with Crippen LogP contribution >= 0.6 is 0 Å². The third-order valence-corrected chi connectivity index (χ3v) is 3.99. The number of aliphatic hydroxyl groups is 1. The summed E-state index contributed by atoms with van der Waals surface area (Å²) >= 11 is 0. The summed E-state index contributed by atoms with van der Waals surface area (Å²) in [4.78, 5) is 16.2. The summed E-state index contributed by atoms with van der Waals surface area (Å²) in [5.74, 6) is -0.926. The normalized spacial score (nSPS) is 21.0. The van der Waals surface area contributed by atoms with E-state index < -0.39 is 18.1 Å². The monoisotopic (exact) mass is 535 g/mol. The molecule has 139 valence electrons. The fourth-order valence-electron chi connectivity index (χ4n) is 2.89. The molecule has 2 unspecified atom stereocenters. The molecule has 0 spiro atoms. The van der Waals surface area contributed by atoms with Gasteiger partial charge >= 0.3 is 0 Å². The van der Waals surface area contributed by atoms with Gasteiger partial charge in [-0.25, -0.2) is 8.78 Å². The summed E-state index contributed by atoms with van der Waals surface area (Å²) in [6.45, 7) is 0. The van der Waals surface area contributed by atoms with Gasteiger partial charge in [0.2, 0.25) is 0 Å². The van der Waals surface area contributed by atoms with Crippen LogP contribution in [0.2, 0.25) is 0 Å². The Hall–Kier alpha value is -1.91. The average Bonchev–Trinajstić information content (AvgIpc) is 2.53. The molecule has 1 aliphatic rings. The number of nitrogens with zero attached hydrogens (tertiary/aromatic N) is 1. The molecule has 0 fully saturated rings. The Morgan fingerprint density at radius 3 is 2.54 bits per heavy atom. The molecule has 3 nitrogen and oxygen atoms in total. The first-order chi connectivity index (χ1) is 12.0. The Balaban J connectivity index is 0.00000243. The number of pyridine rings is 1. The minimum atomic E-state index is -1.39. The SMILES string of the molecule is O=C1C=C(O)CC(F)Cc2cccc(n2)-c2[c-]c(ccc2)CC(F)C1.[Ir]. The number of ketones is 1. The third kappa shape index (κ3) is 5.55. The van der Waals surface area contributed by atoms with Crippen molar-refractivity contribution >= 4 is 5.78 Å². The summed E-state index contributed by atoms with van der Waals surface area (Å²) in [7, 11) is 0. The van der Waals surface area contributed by atoms with Crippen molar-refractivity contribution in [2.45, 2.75) is 38.0 Å². The topological polar surface area (TPSA) is 50.2 Å². The van der Waals surface area contributed by atoms with Gasteiger partial charge in [0.15, 0.2) is 5.78 Å². The average molecular weight is 535 g/mol. The van der Waals surface area contributed by atoms with Gasteiger partial charge in [0.05, 0.1) is 5.76 Å². The van der Waals surface area contributed by atoms with Crippen molar-refractivity contribution in [1.29, 1.82) is 0 Å². The summed E-state index contributed by atoms with van der Waals surface area (Å²) in [5.41, 5.74) is 2.51. The maximum Gasteiger partial charge on any atom is 0.161 e. The molecule has 1 aliphatic heterocycles. The number of hydrogen-bond acceptors (Lipinski definition) is 3. The summed E-state index contributed by atoms with van der Waals surface area (Å²) < 4.78 is 28.3. The van der Waals surface area contributed by atoms with E-state index in [2.05, 4.69) is 11.1 Å². The Kier molecular flexibility index (Phi) is 7.18. The molecule has 0 saturated carbocycles. The van der Waals surface area contributed by atoms with Crippen LogP contribution in [0.25, 0.3) is 11.3 Å². The van der Waals surface area contributed by atoms with Crippen LogP contribution in [0.4, 0.5) is 8.78 Å². The van der Waals surface area contributed by atoms with E-state index in [4.69, 9.17) is 0 Å². The van der Waals surface area contributed by atoms with Crippen LogP contribution in [0.1, 0.15) is 24.1 Å². The zero-order chi connectivity index (χ0) is 17.8. The molecular formula is C20H18F2IrNO2-. The van der Waals surface area contributed by atoms with E-state index in [1.54, 1.807) is 30.3 Å². The van der Waals surface area contributed by atoms with Crippen molar-refractivity contribution in [2.75, 3.05) is 0 Å². The molecule has 0 amide bonds. The van der Waals surface area contributed by atoms with Crippen molar-refractivity contribution in [3.63, 3.8) is 0 Å². The number of aliphatic hydroxyl groups excluding tert-OH is 1. The van der Waals surface area contributed by atoms with Crippen LogP contribution in [0.5, 0.6) is 0 Å². The number of carbonyl (C=O) groups is 1. The molecule has 1 radical (unpaired) electrons. The second-order valence-corrected chi connectivity index (χ2v) is 6.22. The molecule has 2 aromatic rings. The molecule has 0 saturated heterocycles. The van der Waals surface area contributed by atoms with Crippen molar-refractivity contribution in [1.82, 2.24) is 4.98 Å². The number of hydrogen-bond donors (Lipinski definition) is 1. The maximum atomic E-state index is 14.2. The van der Waals surface area contributed by atoms with Crippen molar-refractivity contribution in [3.8, 4) is 11.3 Å². The fraction of sp³-hybridized carbons (Fsp3) is 0.300. The minimum absolute atomic E-state index is 0. The molecule has 26 heavy (non-hydrogen) atoms. The second-order valence-electron chi connectivity index (χ2n) is 6.22. The quantitative estimate of drug-likeness (QED) is 0.518. The van der Waals surface area contributed by atoms with Gasteiger partial charge in [0.25, 0.3) is 0 Å². The number of allylic oxidation sites excluding steroid dienone is 2. The second kappa shape index (κ2) is 9.15. The number of benzene rings is 1. The Morgan fingerprint density at radius 1 is 1.00 bits per heavy atom. The van der Waals surface area contributed by atoms with Gasteiger partial charge in [-0.15, -0.1) is 35.4 Å². The first-order valence-corrected chi connectivity index (χ1v) is 8.17. The maximum absolute atomic E-state index is 14.2. The molecule has 1 aromatic carbocycles. The number of carbonyl (C=O) groups excluding carboxylic acids is 1. The van der Waals surface area contributed by atoms with Gasteiger partial charge in [0.1, 0.15) is 12.3 Å². The van der Waals surface area contributed by atoms with Crippen LogP contribution in [-0.2, 0) is 37.7 Å². The Labute approximate surface area is 164 Å². The van der Waals surface area contributed by atoms with E-state index in [1.165, 1.54) is 0 Å². The Morgan fingerprint density at radius 2 is 1.73 bits per heavy atom. The van der Waals surface area contributed by atoms with E-state index in [0.717, 1.165) is 6.08 Å². The van der Waals surface area contributed by atoms with E-state index in [9.17, 15) is 18.7 Å². The minimum Gasteiger partial charge on any atom is -0.512 e. The van der Waals surface area contributed by atoms with E-state index >= 15 is 0 Å². The van der Waals surface area contributed by atoms with E-state index in [1.807, 2.05) is 6.07 Å². The smallest absolute Gasteiger partial charge is 0.161 e. The number of fused-ring (bicyclic) bond motifs is 5. The van der Waals surface area contributed by atoms with Crippen LogP contribution < -0.4 is 0 Å². The van der Waals surface area contributed by atoms with Gasteiger partial charge in [0, 0.05) is 51.1 Å². The predicted molar refractivity (Wildman–Crippen MR) is 90.7 cm³/mol. The molecule has 6 heteroatoms. The van der Waals surface area contributed by atoms with Gasteiger partial charge in [-0.3, -0.25) is 4.79 Å². The number of aromatic nitrogens is 1. The van der Waals surface area contributed by atoms with Crippen LogP contribution in [0.3, 0.4) is 0 Å². The van der Waals surface area contributed by atoms with Gasteiger partial charge in [-0.2, -0.15) is 0 Å². The number of alkyl halides is 2. The van der Waals surface area contributed by atoms with Crippen molar-refractivity contribution < 1.29 is 38.8 Å². The number of halogens is 2. The summed E-state index contributed by atoms with van der Waals surface area (Å²) in [6, 6.07) is 13.7. The van der Waals surface area contributed by atoms with E-state index in [0.29, 0.717) is 22.5 Å². The third-order valence-electron chi connectivity index (χ3n) is 3.99. The predicted octanol–water partition coefficient (Wildman–Crippen LogP) is 4.11. The molecule has 3 rings (SSSR count). The Bertz CT molecular complexity index is 810. The van der Waals surface area contributed by atoms with E-state index in [-0.39, 0.29) is 51.5 Å². The molecule has 2 atom stereocenters. The van der Waals surface area contributed by atoms with Crippen LogP contribution in [0, 0.1) is 6.07 Å². The molecule has 2 heterocycles. The largest absolute Gasteiger partial charge is 0.512 e. The molecule has 0 aliphatic carbocycles. The zero-order valence-electron chi connectivity index (χ0n) is 13.9. The zero-order valence-corrected chi connectivity index (χ0v) is 16.3. The van der Waals surface area contributed by atoms with Gasteiger partial charge < -0.3 is 10.1 Å². The fourth-order valence-corrected chi connectivity index (χ4v) is 2.89. The van der Waals surface area contributed by atoms with Gasteiger partial charge in [-0.05, 0) is 18.2 Å². The van der Waals surface area contributed by atoms with Gasteiger partial charge in [-0.1, -0.05) is 12.1 Å². The first kappa shape index (κ1) is 20.4. The standard InChI is InChI=1S/C20H18F2NO2.Ir/c21-15-8-13-3-1-4-14(7-13)20-6-2-5-17(23-20)9-16(22)11-19(25)12-18(24)10-15;/h1-6,12,15-16,25H,8-11H2;/q-1;. The van der Waals surface area contributed by atoms with Crippen molar-refractivity contribution in [2.24, 2.45) is 0 Å². The van der Waals surface area contributed by atoms with Crippen molar-refractivity contribution in [3.05, 3.63) is 65.6 Å². The first-order valence-electron chi connectivity index (χ1n) is 8.17. The molecule has 1 N–H and O–H groups in total. The summed E-state index contributed by atoms with van der Waals surface area (Å²) in [6.07, 6.45) is -2.45. The molecular weight excluding hydrogens is 516 g/mol. The van der Waals surface area contributed by atoms with Crippen LogP contribution in [0.15, 0.2) is 48.2 Å². The molecule has 4 bridgehead atoms. The summed E-state index contributed by atoms with van der Waals surface area (Å²) in [5, 5.41) is 9.75. The molecule has 1 aromatic heterocycles.